The lowest BCUT2D eigenvalue weighted by Crippen LogP contribution is -2.54. The Bertz CT molecular complexity index is 799. The highest BCUT2D eigenvalue weighted by atomic mass is 16.5. The molecule has 0 radical (unpaired) electrons. The van der Waals surface area contributed by atoms with Crippen molar-refractivity contribution in [3.63, 3.8) is 0 Å². The van der Waals surface area contributed by atoms with Crippen LogP contribution in [0.1, 0.15) is 49.8 Å². The molecule has 1 aliphatic heterocycles. The van der Waals surface area contributed by atoms with Crippen molar-refractivity contribution >= 4 is 11.6 Å². The Morgan fingerprint density at radius 2 is 2.04 bits per heavy atom. The number of anilines is 1. The van der Waals surface area contributed by atoms with Gasteiger partial charge in [0, 0.05) is 32.2 Å². The van der Waals surface area contributed by atoms with Gasteiger partial charge in [-0.3, -0.25) is 9.48 Å². The van der Waals surface area contributed by atoms with Crippen LogP contribution in [0.4, 0.5) is 5.69 Å². The predicted octanol–water partition coefficient (Wildman–Crippen LogP) is 3.39. The van der Waals surface area contributed by atoms with Crippen LogP contribution in [0.2, 0.25) is 0 Å². The van der Waals surface area contributed by atoms with E-state index in [1.54, 1.807) is 7.11 Å². The number of benzene rings is 1. The quantitative estimate of drug-likeness (QED) is 0.810. The Morgan fingerprint density at radius 1 is 1.30 bits per heavy atom. The van der Waals surface area contributed by atoms with Crippen molar-refractivity contribution in [2.75, 3.05) is 31.6 Å². The lowest BCUT2D eigenvalue weighted by molar-refractivity contribution is 0.0661. The van der Waals surface area contributed by atoms with Crippen LogP contribution in [0.25, 0.3) is 0 Å². The van der Waals surface area contributed by atoms with E-state index in [9.17, 15) is 4.79 Å². The summed E-state index contributed by atoms with van der Waals surface area (Å²) in [5, 5.41) is 4.60. The van der Waals surface area contributed by atoms with Gasteiger partial charge < -0.3 is 14.5 Å². The molecule has 0 unspecified atom stereocenters. The number of aromatic nitrogens is 2. The molecule has 1 amide bonds. The van der Waals surface area contributed by atoms with Gasteiger partial charge in [-0.1, -0.05) is 26.0 Å². The lowest BCUT2D eigenvalue weighted by atomic mass is 10.1. The zero-order valence-corrected chi connectivity index (χ0v) is 17.0. The first kappa shape index (κ1) is 19.3. The first-order valence-electron chi connectivity index (χ1n) is 9.72. The van der Waals surface area contributed by atoms with Crippen molar-refractivity contribution in [1.82, 2.24) is 14.7 Å². The fraction of sp³-hybridized carbons (Fsp3) is 0.524. The molecule has 0 bridgehead atoms. The normalized spacial score (nSPS) is 17.5. The summed E-state index contributed by atoms with van der Waals surface area (Å²) in [6.07, 6.45) is 0. The van der Waals surface area contributed by atoms with Crippen LogP contribution in [0, 0.1) is 0 Å². The summed E-state index contributed by atoms with van der Waals surface area (Å²) >= 11 is 0. The summed E-state index contributed by atoms with van der Waals surface area (Å²) in [4.78, 5) is 17.5. The summed E-state index contributed by atoms with van der Waals surface area (Å²) in [5.74, 6) is 1.25. The maximum Gasteiger partial charge on any atom is 0.272 e. The molecule has 27 heavy (non-hydrogen) atoms. The molecular formula is C21H30N4O2. The van der Waals surface area contributed by atoms with E-state index in [1.165, 1.54) is 0 Å². The minimum absolute atomic E-state index is 0.0726. The molecule has 2 aromatic rings. The number of carbonyl (C=O) groups is 1. The summed E-state index contributed by atoms with van der Waals surface area (Å²) in [6.45, 7) is 11.3. The highest BCUT2D eigenvalue weighted by molar-refractivity contribution is 5.93. The standard InChI is InChI=1S/C21H30N4O2/c1-6-25-19(13-17(22-25)15(2)3)21(26)24-12-11-23(14-16(24)4)18-9-7-8-10-20(18)27-5/h7-10,13,15-16H,6,11-12,14H2,1-5H3/t16-/m1/s1. The van der Waals surface area contributed by atoms with Crippen LogP contribution >= 0.6 is 0 Å². The molecule has 1 atom stereocenters. The Morgan fingerprint density at radius 3 is 2.67 bits per heavy atom. The van der Waals surface area contributed by atoms with Gasteiger partial charge in [-0.2, -0.15) is 5.10 Å². The van der Waals surface area contributed by atoms with Crippen LogP contribution < -0.4 is 9.64 Å². The highest BCUT2D eigenvalue weighted by Gasteiger charge is 2.31. The van der Waals surface area contributed by atoms with E-state index >= 15 is 0 Å². The van der Waals surface area contributed by atoms with E-state index in [0.717, 1.165) is 30.2 Å². The molecule has 1 saturated heterocycles. The summed E-state index contributed by atoms with van der Waals surface area (Å²) < 4.78 is 7.33. The smallest absolute Gasteiger partial charge is 0.272 e. The number of hydrogen-bond donors (Lipinski definition) is 0. The van der Waals surface area contributed by atoms with Crippen molar-refractivity contribution in [3.8, 4) is 5.75 Å². The zero-order valence-electron chi connectivity index (χ0n) is 17.0. The molecule has 0 spiro atoms. The van der Waals surface area contributed by atoms with Crippen molar-refractivity contribution in [2.45, 2.75) is 46.2 Å². The number of methoxy groups -OCH3 is 1. The largest absolute Gasteiger partial charge is 0.495 e. The molecule has 2 heterocycles. The van der Waals surface area contributed by atoms with Gasteiger partial charge in [0.2, 0.25) is 0 Å². The maximum atomic E-state index is 13.2. The first-order chi connectivity index (χ1) is 13.0. The number of amides is 1. The Balaban J connectivity index is 1.78. The van der Waals surface area contributed by atoms with Crippen molar-refractivity contribution in [2.24, 2.45) is 0 Å². The van der Waals surface area contributed by atoms with Gasteiger partial charge in [0.1, 0.15) is 11.4 Å². The lowest BCUT2D eigenvalue weighted by Gasteiger charge is -2.41. The molecule has 0 N–H and O–H groups in total. The van der Waals surface area contributed by atoms with Gasteiger partial charge in [0.05, 0.1) is 18.5 Å². The number of para-hydroxylation sites is 2. The SMILES string of the molecule is CCn1nc(C(C)C)cc1C(=O)N1CCN(c2ccccc2OC)C[C@H]1C. The molecule has 1 aliphatic rings. The second-order valence-corrected chi connectivity index (χ2v) is 7.39. The van der Waals surface area contributed by atoms with E-state index in [1.807, 2.05) is 40.8 Å². The van der Waals surface area contributed by atoms with Gasteiger partial charge in [-0.05, 0) is 38.0 Å². The second kappa shape index (κ2) is 8.03. The summed E-state index contributed by atoms with van der Waals surface area (Å²) in [5.41, 5.74) is 2.75. The third-order valence-electron chi connectivity index (χ3n) is 5.22. The van der Waals surface area contributed by atoms with Crippen LogP contribution in [0.5, 0.6) is 5.75 Å². The van der Waals surface area contributed by atoms with Gasteiger partial charge in [-0.15, -0.1) is 0 Å². The average Bonchev–Trinajstić information content (AvgIpc) is 3.12. The molecule has 6 heteroatoms. The predicted molar refractivity (Wildman–Crippen MR) is 108 cm³/mol. The third-order valence-corrected chi connectivity index (χ3v) is 5.22. The number of aryl methyl sites for hydroxylation is 1. The van der Waals surface area contributed by atoms with E-state index < -0.39 is 0 Å². The van der Waals surface area contributed by atoms with E-state index in [4.69, 9.17) is 4.74 Å². The van der Waals surface area contributed by atoms with Crippen molar-refractivity contribution in [1.29, 1.82) is 0 Å². The van der Waals surface area contributed by atoms with Gasteiger partial charge in [0.25, 0.3) is 5.91 Å². The zero-order chi connectivity index (χ0) is 19.6. The molecule has 0 saturated carbocycles. The van der Waals surface area contributed by atoms with Gasteiger partial charge >= 0.3 is 0 Å². The van der Waals surface area contributed by atoms with Crippen LogP contribution in [0.15, 0.2) is 30.3 Å². The summed E-state index contributed by atoms with van der Waals surface area (Å²) in [6, 6.07) is 10.1. The Hall–Kier alpha value is -2.50. The second-order valence-electron chi connectivity index (χ2n) is 7.39. The van der Waals surface area contributed by atoms with Crippen LogP contribution in [-0.2, 0) is 6.54 Å². The highest BCUT2D eigenvalue weighted by Crippen LogP contribution is 2.30. The van der Waals surface area contributed by atoms with Crippen molar-refractivity contribution in [3.05, 3.63) is 41.7 Å². The van der Waals surface area contributed by atoms with Gasteiger partial charge in [0.15, 0.2) is 0 Å². The molecule has 1 aromatic carbocycles. The van der Waals surface area contributed by atoms with E-state index in [0.29, 0.717) is 24.7 Å². The number of ether oxygens (including phenoxy) is 1. The molecule has 1 fully saturated rings. The van der Waals surface area contributed by atoms with Crippen LogP contribution in [-0.4, -0.2) is 53.4 Å². The maximum absolute atomic E-state index is 13.2. The monoisotopic (exact) mass is 370 g/mol. The van der Waals surface area contributed by atoms with Crippen molar-refractivity contribution < 1.29 is 9.53 Å². The number of piperazine rings is 1. The topological polar surface area (TPSA) is 50.6 Å². The molecule has 146 valence electrons. The minimum atomic E-state index is 0.0726. The van der Waals surface area contributed by atoms with E-state index in [2.05, 4.69) is 36.8 Å². The summed E-state index contributed by atoms with van der Waals surface area (Å²) in [7, 11) is 1.69. The molecular weight excluding hydrogens is 340 g/mol. The molecule has 0 aliphatic carbocycles. The average molecular weight is 370 g/mol. The number of rotatable bonds is 5. The van der Waals surface area contributed by atoms with Crippen LogP contribution in [0.3, 0.4) is 0 Å². The van der Waals surface area contributed by atoms with E-state index in [-0.39, 0.29) is 11.9 Å². The third kappa shape index (κ3) is 3.80. The van der Waals surface area contributed by atoms with Gasteiger partial charge in [-0.25, -0.2) is 0 Å². The molecule has 6 nitrogen and oxygen atoms in total. The first-order valence-corrected chi connectivity index (χ1v) is 9.72. The Kier molecular flexibility index (Phi) is 5.73. The Labute approximate surface area is 161 Å². The fourth-order valence-corrected chi connectivity index (χ4v) is 3.65. The minimum Gasteiger partial charge on any atom is -0.495 e. The number of hydrogen-bond acceptors (Lipinski definition) is 4. The number of carbonyl (C=O) groups excluding carboxylic acids is 1. The number of nitrogens with zero attached hydrogens (tertiary/aromatic N) is 4. The molecule has 3 rings (SSSR count). The molecule has 1 aromatic heterocycles. The fourth-order valence-electron chi connectivity index (χ4n) is 3.65.